The SMILES string of the molecule is COc1ccc(Cl)cc1S(=O)(=O)N1CCC(=O)N2C(Cc3ccc([N+](=O)[O-])cc3)C(=O)N(C(C)C)CC21. The summed E-state index contributed by atoms with van der Waals surface area (Å²) >= 11 is 6.11. The highest BCUT2D eigenvalue weighted by Gasteiger charge is 2.51. The number of benzene rings is 2. The minimum atomic E-state index is -4.18. The van der Waals surface area contributed by atoms with Gasteiger partial charge in [-0.15, -0.1) is 0 Å². The standard InChI is InChI=1S/C24H27ClN4O7S/c1-15(2)26-14-22-27(37(34,35)21-13-17(25)6-9-20(21)36-3)11-10-23(30)28(22)19(24(26)31)12-16-4-7-18(8-5-16)29(32)33/h4-9,13,15,19,22H,10-12,14H2,1-3H3. The molecule has 198 valence electrons. The highest BCUT2D eigenvalue weighted by Crippen LogP contribution is 2.36. The zero-order chi connectivity index (χ0) is 27.1. The van der Waals surface area contributed by atoms with Gasteiger partial charge < -0.3 is 14.5 Å². The predicted molar refractivity (Wildman–Crippen MR) is 135 cm³/mol. The first-order valence-corrected chi connectivity index (χ1v) is 13.5. The van der Waals surface area contributed by atoms with Crippen molar-refractivity contribution >= 4 is 39.1 Å². The Labute approximate surface area is 219 Å². The van der Waals surface area contributed by atoms with Crippen LogP contribution in [0.3, 0.4) is 0 Å². The Balaban J connectivity index is 1.76. The molecular weight excluding hydrogens is 524 g/mol. The number of nitro groups is 1. The molecule has 2 atom stereocenters. The van der Waals surface area contributed by atoms with Crippen LogP contribution >= 0.6 is 11.6 Å². The Morgan fingerprint density at radius 2 is 1.84 bits per heavy atom. The number of nitrogens with zero attached hydrogens (tertiary/aromatic N) is 4. The molecule has 0 aliphatic carbocycles. The fraction of sp³-hybridized carbons (Fsp3) is 0.417. The van der Waals surface area contributed by atoms with Crippen molar-refractivity contribution < 1.29 is 27.7 Å². The maximum absolute atomic E-state index is 13.9. The van der Waals surface area contributed by atoms with E-state index in [2.05, 4.69) is 0 Å². The summed E-state index contributed by atoms with van der Waals surface area (Å²) < 4.78 is 34.3. The quantitative estimate of drug-likeness (QED) is 0.382. The number of piperazine rings is 1. The van der Waals surface area contributed by atoms with Crippen LogP contribution in [0, 0.1) is 10.1 Å². The summed E-state index contributed by atoms with van der Waals surface area (Å²) in [5.74, 6) is -0.529. The molecule has 0 N–H and O–H groups in total. The molecule has 2 aliphatic heterocycles. The van der Waals surface area contributed by atoms with Crippen molar-refractivity contribution in [3.05, 3.63) is 63.2 Å². The molecule has 0 bridgehead atoms. The fourth-order valence-corrected chi connectivity index (χ4v) is 6.80. The lowest BCUT2D eigenvalue weighted by Crippen LogP contribution is -2.72. The molecule has 2 aromatic carbocycles. The van der Waals surface area contributed by atoms with Crippen molar-refractivity contribution in [2.75, 3.05) is 20.2 Å². The van der Waals surface area contributed by atoms with Gasteiger partial charge in [-0.2, -0.15) is 4.31 Å². The van der Waals surface area contributed by atoms with E-state index in [9.17, 15) is 28.1 Å². The number of non-ortho nitro benzene ring substituents is 1. The van der Waals surface area contributed by atoms with Crippen LogP contribution < -0.4 is 4.74 Å². The molecule has 2 heterocycles. The van der Waals surface area contributed by atoms with E-state index in [4.69, 9.17) is 16.3 Å². The van der Waals surface area contributed by atoms with Crippen LogP contribution in [0.25, 0.3) is 0 Å². The Hall–Kier alpha value is -3.22. The molecule has 2 amide bonds. The second kappa shape index (κ2) is 10.3. The molecular formula is C24H27ClN4O7S. The number of ether oxygens (including phenoxy) is 1. The molecule has 0 saturated carbocycles. The van der Waals surface area contributed by atoms with E-state index in [0.717, 1.165) is 0 Å². The second-order valence-electron chi connectivity index (χ2n) is 9.17. The molecule has 11 nitrogen and oxygen atoms in total. The third-order valence-electron chi connectivity index (χ3n) is 6.66. The maximum Gasteiger partial charge on any atom is 0.269 e. The normalized spacial score (nSPS) is 20.8. The number of amides is 2. The lowest BCUT2D eigenvalue weighted by Gasteiger charge is -2.52. The average molecular weight is 551 g/mol. The van der Waals surface area contributed by atoms with Crippen molar-refractivity contribution in [1.82, 2.24) is 14.1 Å². The number of hydrogen-bond acceptors (Lipinski definition) is 7. The molecule has 13 heteroatoms. The zero-order valence-electron chi connectivity index (χ0n) is 20.5. The average Bonchev–Trinajstić information content (AvgIpc) is 2.85. The van der Waals surface area contributed by atoms with Crippen molar-refractivity contribution in [3.8, 4) is 5.75 Å². The molecule has 2 unspecified atom stereocenters. The van der Waals surface area contributed by atoms with Gasteiger partial charge >= 0.3 is 0 Å². The molecule has 0 aromatic heterocycles. The van der Waals surface area contributed by atoms with Gasteiger partial charge in [-0.25, -0.2) is 8.42 Å². The van der Waals surface area contributed by atoms with Gasteiger partial charge in [0.25, 0.3) is 5.69 Å². The highest BCUT2D eigenvalue weighted by atomic mass is 35.5. The first-order valence-electron chi connectivity index (χ1n) is 11.7. The molecule has 2 saturated heterocycles. The van der Waals surface area contributed by atoms with Crippen LogP contribution in [0.2, 0.25) is 5.02 Å². The largest absolute Gasteiger partial charge is 0.495 e. The molecule has 2 fully saturated rings. The lowest BCUT2D eigenvalue weighted by molar-refractivity contribution is -0.384. The summed E-state index contributed by atoms with van der Waals surface area (Å²) in [5, 5.41) is 11.2. The lowest BCUT2D eigenvalue weighted by atomic mass is 9.97. The van der Waals surface area contributed by atoms with E-state index >= 15 is 0 Å². The van der Waals surface area contributed by atoms with Crippen LogP contribution in [0.5, 0.6) is 5.75 Å². The highest BCUT2D eigenvalue weighted by molar-refractivity contribution is 7.89. The van der Waals surface area contributed by atoms with E-state index in [1.807, 2.05) is 13.8 Å². The van der Waals surface area contributed by atoms with Crippen LogP contribution in [0.4, 0.5) is 5.69 Å². The minimum absolute atomic E-state index is 0.00110. The summed E-state index contributed by atoms with van der Waals surface area (Å²) in [7, 11) is -2.83. The number of hydrogen-bond donors (Lipinski definition) is 0. The smallest absolute Gasteiger partial charge is 0.269 e. The summed E-state index contributed by atoms with van der Waals surface area (Å²) in [6.07, 6.45) is -0.973. The molecule has 2 aliphatic rings. The van der Waals surface area contributed by atoms with Crippen LogP contribution in [-0.4, -0.2) is 77.7 Å². The van der Waals surface area contributed by atoms with Gasteiger partial charge in [0.15, 0.2) is 0 Å². The summed E-state index contributed by atoms with van der Waals surface area (Å²) in [5.41, 5.74) is 0.514. The summed E-state index contributed by atoms with van der Waals surface area (Å²) in [6.45, 7) is 3.57. The van der Waals surface area contributed by atoms with Crippen molar-refractivity contribution in [1.29, 1.82) is 0 Å². The molecule has 4 rings (SSSR count). The third kappa shape index (κ3) is 5.00. The Morgan fingerprint density at radius 3 is 2.43 bits per heavy atom. The number of fused-ring (bicyclic) bond motifs is 1. The summed E-state index contributed by atoms with van der Waals surface area (Å²) in [6, 6.07) is 8.80. The van der Waals surface area contributed by atoms with E-state index in [-0.39, 0.29) is 65.1 Å². The van der Waals surface area contributed by atoms with Gasteiger partial charge in [-0.1, -0.05) is 23.7 Å². The predicted octanol–water partition coefficient (Wildman–Crippen LogP) is 2.67. The monoisotopic (exact) mass is 550 g/mol. The van der Waals surface area contributed by atoms with Crippen LogP contribution in [0.15, 0.2) is 47.4 Å². The van der Waals surface area contributed by atoms with Crippen molar-refractivity contribution in [2.45, 2.75) is 49.8 Å². The Morgan fingerprint density at radius 1 is 1.16 bits per heavy atom. The van der Waals surface area contributed by atoms with E-state index in [1.165, 1.54) is 58.8 Å². The minimum Gasteiger partial charge on any atom is -0.495 e. The first kappa shape index (κ1) is 26.8. The van der Waals surface area contributed by atoms with E-state index in [0.29, 0.717) is 5.56 Å². The fourth-order valence-electron chi connectivity index (χ4n) is 4.81. The van der Waals surface area contributed by atoms with Crippen molar-refractivity contribution in [2.24, 2.45) is 0 Å². The number of carbonyl (C=O) groups is 2. The number of carbonyl (C=O) groups excluding carboxylic acids is 2. The van der Waals surface area contributed by atoms with Gasteiger partial charge in [0, 0.05) is 42.6 Å². The summed E-state index contributed by atoms with van der Waals surface area (Å²) in [4.78, 5) is 40.0. The van der Waals surface area contributed by atoms with Gasteiger partial charge in [0.2, 0.25) is 21.8 Å². The van der Waals surface area contributed by atoms with Gasteiger partial charge in [-0.3, -0.25) is 19.7 Å². The number of halogens is 1. The molecule has 0 spiro atoms. The first-order chi connectivity index (χ1) is 17.4. The Kier molecular flexibility index (Phi) is 7.45. The van der Waals surface area contributed by atoms with Crippen LogP contribution in [0.1, 0.15) is 25.8 Å². The van der Waals surface area contributed by atoms with Crippen molar-refractivity contribution in [3.63, 3.8) is 0 Å². The van der Waals surface area contributed by atoms with E-state index < -0.39 is 27.2 Å². The zero-order valence-corrected chi connectivity index (χ0v) is 22.1. The maximum atomic E-state index is 13.9. The Bertz CT molecular complexity index is 1330. The van der Waals surface area contributed by atoms with Gasteiger partial charge in [0.1, 0.15) is 22.9 Å². The number of sulfonamides is 1. The number of rotatable bonds is 7. The molecule has 2 aromatic rings. The topological polar surface area (TPSA) is 130 Å². The third-order valence-corrected chi connectivity index (χ3v) is 8.82. The molecule has 0 radical (unpaired) electrons. The number of methoxy groups -OCH3 is 1. The molecule has 37 heavy (non-hydrogen) atoms. The van der Waals surface area contributed by atoms with Crippen LogP contribution in [-0.2, 0) is 26.0 Å². The van der Waals surface area contributed by atoms with Gasteiger partial charge in [0.05, 0.1) is 18.6 Å². The number of nitro benzene ring substituents is 1. The second-order valence-corrected chi connectivity index (χ2v) is 11.5. The van der Waals surface area contributed by atoms with E-state index in [1.54, 1.807) is 4.90 Å². The van der Waals surface area contributed by atoms with Gasteiger partial charge in [-0.05, 0) is 37.6 Å².